The van der Waals surface area contributed by atoms with Gasteiger partial charge in [0.2, 0.25) is 0 Å². The topological polar surface area (TPSA) is 29.5 Å². The fourth-order valence-corrected chi connectivity index (χ4v) is 5.42. The monoisotopic (exact) mass is 324 g/mol. The van der Waals surface area contributed by atoms with Crippen molar-refractivity contribution in [2.75, 3.05) is 11.5 Å². The molecule has 0 spiro atoms. The van der Waals surface area contributed by atoms with Crippen LogP contribution in [0.5, 0.6) is 0 Å². The molecular formula is C17H24O2S2. The van der Waals surface area contributed by atoms with Crippen molar-refractivity contribution in [3.63, 3.8) is 0 Å². The van der Waals surface area contributed by atoms with Crippen LogP contribution in [0.25, 0.3) is 0 Å². The lowest BCUT2D eigenvalue weighted by Crippen LogP contribution is -2.28. The van der Waals surface area contributed by atoms with E-state index in [0.717, 1.165) is 24.3 Å². The number of thioether (sulfide) groups is 2. The summed E-state index contributed by atoms with van der Waals surface area (Å²) < 4.78 is 5.65. The minimum atomic E-state index is -0.234. The molecule has 1 aliphatic heterocycles. The summed E-state index contributed by atoms with van der Waals surface area (Å²) in [5, 5.41) is 10.0. The lowest BCUT2D eigenvalue weighted by molar-refractivity contribution is 0.159. The summed E-state index contributed by atoms with van der Waals surface area (Å²) in [7, 11) is 0. The third-order valence-corrected chi connectivity index (χ3v) is 6.76. The van der Waals surface area contributed by atoms with Gasteiger partial charge in [0.25, 0.3) is 0 Å². The number of aliphatic hydroxyl groups excluding tert-OH is 1. The Morgan fingerprint density at radius 2 is 2.00 bits per heavy atom. The molecule has 1 atom stereocenters. The molecule has 0 aromatic heterocycles. The molecule has 2 nitrogen and oxygen atoms in total. The SMILES string of the molecule is CCC(O)CC1(/C=C/OCc2ccccc2)SCCCS1. The second kappa shape index (κ2) is 8.76. The molecule has 0 amide bonds. The summed E-state index contributed by atoms with van der Waals surface area (Å²) in [6.45, 7) is 2.63. The normalized spacial score (nSPS) is 19.5. The summed E-state index contributed by atoms with van der Waals surface area (Å²) in [4.78, 5) is 0. The quantitative estimate of drug-likeness (QED) is 0.751. The fraction of sp³-hybridized carbons (Fsp3) is 0.529. The zero-order valence-electron chi connectivity index (χ0n) is 12.5. The number of aliphatic hydroxyl groups is 1. The van der Waals surface area contributed by atoms with Crippen LogP contribution >= 0.6 is 23.5 Å². The molecule has 1 aliphatic rings. The Kier molecular flexibility index (Phi) is 7.00. The van der Waals surface area contributed by atoms with Gasteiger partial charge in [0.1, 0.15) is 6.61 Å². The van der Waals surface area contributed by atoms with Gasteiger partial charge in [0, 0.05) is 6.42 Å². The van der Waals surface area contributed by atoms with Gasteiger partial charge in [-0.2, -0.15) is 0 Å². The zero-order valence-corrected chi connectivity index (χ0v) is 14.2. The first-order valence-corrected chi connectivity index (χ1v) is 9.50. The number of hydrogen-bond acceptors (Lipinski definition) is 4. The first-order chi connectivity index (χ1) is 10.2. The van der Waals surface area contributed by atoms with Gasteiger partial charge in [0.15, 0.2) is 0 Å². The van der Waals surface area contributed by atoms with Gasteiger partial charge in [0.05, 0.1) is 16.4 Å². The highest BCUT2D eigenvalue weighted by Crippen LogP contribution is 2.46. The lowest BCUT2D eigenvalue weighted by atomic mass is 10.1. The molecule has 1 heterocycles. The van der Waals surface area contributed by atoms with Gasteiger partial charge >= 0.3 is 0 Å². The summed E-state index contributed by atoms with van der Waals surface area (Å²) in [5.41, 5.74) is 1.17. The summed E-state index contributed by atoms with van der Waals surface area (Å²) in [6, 6.07) is 10.2. The Bertz CT molecular complexity index is 428. The molecule has 0 radical (unpaired) electrons. The second-order valence-corrected chi connectivity index (χ2v) is 8.34. The van der Waals surface area contributed by atoms with Crippen molar-refractivity contribution >= 4 is 23.5 Å². The maximum absolute atomic E-state index is 10.0. The molecule has 0 aliphatic carbocycles. The van der Waals surface area contributed by atoms with Crippen LogP contribution in [-0.2, 0) is 11.3 Å². The number of hydrogen-bond donors (Lipinski definition) is 1. The van der Waals surface area contributed by atoms with Gasteiger partial charge in [-0.05, 0) is 36.0 Å². The average molecular weight is 325 g/mol. The van der Waals surface area contributed by atoms with E-state index in [4.69, 9.17) is 4.74 Å². The van der Waals surface area contributed by atoms with Gasteiger partial charge < -0.3 is 9.84 Å². The van der Waals surface area contributed by atoms with Crippen molar-refractivity contribution in [2.24, 2.45) is 0 Å². The van der Waals surface area contributed by atoms with Crippen LogP contribution < -0.4 is 0 Å². The van der Waals surface area contributed by atoms with Crippen molar-refractivity contribution in [3.8, 4) is 0 Å². The molecule has 0 bridgehead atoms. The molecule has 21 heavy (non-hydrogen) atoms. The third-order valence-electron chi connectivity index (χ3n) is 3.48. The van der Waals surface area contributed by atoms with Crippen molar-refractivity contribution in [3.05, 3.63) is 48.2 Å². The van der Waals surface area contributed by atoms with E-state index < -0.39 is 0 Å². The summed E-state index contributed by atoms with van der Waals surface area (Å²) in [6.07, 6.45) is 6.58. The second-order valence-electron chi connectivity index (χ2n) is 5.23. The number of rotatable bonds is 7. The zero-order chi connectivity index (χ0) is 15.0. The largest absolute Gasteiger partial charge is 0.497 e. The Labute approximate surface area is 136 Å². The van der Waals surface area contributed by atoms with E-state index in [1.54, 1.807) is 0 Å². The van der Waals surface area contributed by atoms with E-state index in [9.17, 15) is 5.11 Å². The maximum Gasteiger partial charge on any atom is 0.112 e. The van der Waals surface area contributed by atoms with Crippen molar-refractivity contribution in [1.29, 1.82) is 0 Å². The van der Waals surface area contributed by atoms with E-state index in [0.29, 0.717) is 6.61 Å². The average Bonchev–Trinajstić information content (AvgIpc) is 2.53. The van der Waals surface area contributed by atoms with Crippen LogP contribution in [0.1, 0.15) is 31.7 Å². The summed E-state index contributed by atoms with van der Waals surface area (Å²) in [5.74, 6) is 2.32. The molecule has 1 saturated heterocycles. The van der Waals surface area contributed by atoms with E-state index >= 15 is 0 Å². The maximum atomic E-state index is 10.0. The predicted octanol–water partition coefficient (Wildman–Crippen LogP) is 4.44. The third kappa shape index (κ3) is 5.61. The Morgan fingerprint density at radius 3 is 2.67 bits per heavy atom. The predicted molar refractivity (Wildman–Crippen MR) is 93.5 cm³/mol. The first-order valence-electron chi connectivity index (χ1n) is 7.53. The molecular weight excluding hydrogens is 300 g/mol. The van der Waals surface area contributed by atoms with Gasteiger partial charge in [-0.25, -0.2) is 0 Å². The molecule has 1 N–H and O–H groups in total. The highest BCUT2D eigenvalue weighted by molar-refractivity contribution is 8.19. The molecule has 116 valence electrons. The van der Waals surface area contributed by atoms with E-state index in [1.165, 1.54) is 12.0 Å². The molecule has 4 heteroatoms. The van der Waals surface area contributed by atoms with Crippen LogP contribution in [0, 0.1) is 0 Å². The molecule has 1 aromatic carbocycles. The minimum Gasteiger partial charge on any atom is -0.497 e. The fourth-order valence-electron chi connectivity index (χ4n) is 2.22. The Hall–Kier alpha value is -0.580. The first kappa shape index (κ1) is 16.8. The van der Waals surface area contributed by atoms with Crippen molar-refractivity contribution < 1.29 is 9.84 Å². The van der Waals surface area contributed by atoms with Crippen LogP contribution in [-0.4, -0.2) is 26.8 Å². The molecule has 2 rings (SSSR count). The summed E-state index contributed by atoms with van der Waals surface area (Å²) >= 11 is 3.87. The molecule has 1 aromatic rings. The minimum absolute atomic E-state index is 0.0234. The van der Waals surface area contributed by atoms with Crippen LogP contribution in [0.15, 0.2) is 42.7 Å². The number of benzene rings is 1. The standard InChI is InChI=1S/C17H24O2S2/c1-2-16(18)13-17(20-11-6-12-21-17)9-10-19-14-15-7-4-3-5-8-15/h3-5,7-10,16,18H,2,6,11-14H2,1H3/b10-9+. The Balaban J connectivity index is 1.90. The Morgan fingerprint density at radius 1 is 1.29 bits per heavy atom. The van der Waals surface area contributed by atoms with Crippen molar-refractivity contribution in [2.45, 2.75) is 43.0 Å². The van der Waals surface area contributed by atoms with Gasteiger partial charge in [-0.3, -0.25) is 0 Å². The number of ether oxygens (including phenoxy) is 1. The van der Waals surface area contributed by atoms with Crippen molar-refractivity contribution in [1.82, 2.24) is 0 Å². The van der Waals surface area contributed by atoms with Crippen LogP contribution in [0.3, 0.4) is 0 Å². The lowest BCUT2D eigenvalue weighted by Gasteiger charge is -2.34. The van der Waals surface area contributed by atoms with Crippen LogP contribution in [0.2, 0.25) is 0 Å². The smallest absolute Gasteiger partial charge is 0.112 e. The highest BCUT2D eigenvalue weighted by atomic mass is 32.2. The highest BCUT2D eigenvalue weighted by Gasteiger charge is 2.33. The van der Waals surface area contributed by atoms with E-state index in [2.05, 4.69) is 18.2 Å². The van der Waals surface area contributed by atoms with E-state index in [-0.39, 0.29) is 10.2 Å². The molecule has 0 saturated carbocycles. The van der Waals surface area contributed by atoms with Gasteiger partial charge in [-0.15, -0.1) is 23.5 Å². The van der Waals surface area contributed by atoms with E-state index in [1.807, 2.05) is 54.9 Å². The van der Waals surface area contributed by atoms with Gasteiger partial charge in [-0.1, -0.05) is 37.3 Å². The molecule has 1 unspecified atom stereocenters. The van der Waals surface area contributed by atoms with Crippen LogP contribution in [0.4, 0.5) is 0 Å². The molecule has 1 fully saturated rings.